The standard InChI is InChI=1S/C9H12.C7H14.C6H16OSi.2C4H10.C3H8/c1-2-6-9-7-4-3-5-8-9;1-2-4-6-7-5-3-1;1-5-6-7-8(2,3)4;1-4(2)3;1-3-4-2;1-3-2/h3-5,7-8H,2,6H2,1H3;1-7H2;5-6H2,1-4H3;4H,1-3H3;3-4H2,1-2H3;3H2,1-2H3. The van der Waals surface area contributed by atoms with Crippen molar-refractivity contribution in [2.45, 2.75) is 165 Å². The Labute approximate surface area is 226 Å². The number of unbranched alkanes of at least 4 members (excludes halogenated alkanes) is 1. The predicted molar refractivity (Wildman–Crippen MR) is 169 cm³/mol. The maximum absolute atomic E-state index is 5.52. The highest BCUT2D eigenvalue weighted by molar-refractivity contribution is 6.69. The first-order chi connectivity index (χ1) is 16.6. The molecular weight excluding hydrogens is 440 g/mol. The van der Waals surface area contributed by atoms with Gasteiger partial charge >= 0.3 is 0 Å². The molecule has 1 aliphatic carbocycles. The Balaban J connectivity index is -0.000000172. The van der Waals surface area contributed by atoms with Crippen LogP contribution in [-0.2, 0) is 10.8 Å². The Hall–Kier alpha value is -0.603. The quantitative estimate of drug-likeness (QED) is 0.273. The summed E-state index contributed by atoms with van der Waals surface area (Å²) in [6.45, 7) is 27.0. The molecule has 0 radical (unpaired) electrons. The lowest BCUT2D eigenvalue weighted by Crippen LogP contribution is -2.25. The van der Waals surface area contributed by atoms with Crippen LogP contribution >= 0.6 is 0 Å². The fourth-order valence-electron chi connectivity index (χ4n) is 2.58. The molecule has 2 rings (SSSR count). The second-order valence-electron chi connectivity index (χ2n) is 11.1. The Morgan fingerprint density at radius 3 is 1.17 bits per heavy atom. The van der Waals surface area contributed by atoms with E-state index in [0.717, 1.165) is 18.9 Å². The van der Waals surface area contributed by atoms with Gasteiger partial charge in [0.25, 0.3) is 0 Å². The molecule has 1 aromatic carbocycles. The van der Waals surface area contributed by atoms with E-state index >= 15 is 0 Å². The first kappa shape index (κ1) is 41.5. The summed E-state index contributed by atoms with van der Waals surface area (Å²) in [6.07, 6.45) is 18.0. The first-order valence-electron chi connectivity index (χ1n) is 15.2. The van der Waals surface area contributed by atoms with Gasteiger partial charge in [0, 0.05) is 6.61 Å². The Kier molecular flexibility index (Phi) is 42.2. The maximum atomic E-state index is 5.52. The van der Waals surface area contributed by atoms with E-state index in [2.05, 4.69) is 112 Å². The van der Waals surface area contributed by atoms with Gasteiger partial charge in [-0.1, -0.05) is 163 Å². The summed E-state index contributed by atoms with van der Waals surface area (Å²) >= 11 is 0. The zero-order chi connectivity index (χ0) is 27.8. The van der Waals surface area contributed by atoms with Crippen LogP contribution in [0.1, 0.15) is 145 Å². The van der Waals surface area contributed by atoms with Gasteiger partial charge < -0.3 is 4.43 Å². The van der Waals surface area contributed by atoms with Crippen LogP contribution in [0.25, 0.3) is 0 Å². The lowest BCUT2D eigenvalue weighted by Gasteiger charge is -2.15. The van der Waals surface area contributed by atoms with E-state index in [1.807, 2.05) is 0 Å². The fourth-order valence-corrected chi connectivity index (χ4v) is 3.40. The fraction of sp³-hybridized carbons (Fsp3) is 0.818. The van der Waals surface area contributed by atoms with Crippen molar-refractivity contribution in [1.29, 1.82) is 0 Å². The molecule has 1 aromatic rings. The summed E-state index contributed by atoms with van der Waals surface area (Å²) in [5, 5.41) is 0. The molecule has 1 fully saturated rings. The molecule has 0 amide bonds. The minimum Gasteiger partial charge on any atom is -0.418 e. The number of aryl methyl sites for hydroxylation is 1. The lowest BCUT2D eigenvalue weighted by atomic mass is 10.1. The highest BCUT2D eigenvalue weighted by Crippen LogP contribution is 2.15. The summed E-state index contributed by atoms with van der Waals surface area (Å²) in [5.41, 5.74) is 1.44. The van der Waals surface area contributed by atoms with E-state index in [-0.39, 0.29) is 0 Å². The van der Waals surface area contributed by atoms with Crippen molar-refractivity contribution in [2.75, 3.05) is 6.61 Å². The molecule has 1 aliphatic rings. The van der Waals surface area contributed by atoms with Crippen LogP contribution in [0.15, 0.2) is 30.3 Å². The van der Waals surface area contributed by atoms with E-state index in [9.17, 15) is 0 Å². The van der Waals surface area contributed by atoms with Gasteiger partial charge in [0.1, 0.15) is 0 Å². The van der Waals surface area contributed by atoms with E-state index in [1.54, 1.807) is 0 Å². The van der Waals surface area contributed by atoms with Crippen LogP contribution in [0.4, 0.5) is 0 Å². The molecule has 212 valence electrons. The zero-order valence-electron chi connectivity index (χ0n) is 26.8. The maximum Gasteiger partial charge on any atom is 0.183 e. The molecule has 0 unspecified atom stereocenters. The van der Waals surface area contributed by atoms with Crippen molar-refractivity contribution in [3.05, 3.63) is 35.9 Å². The molecule has 1 saturated carbocycles. The molecule has 0 bridgehead atoms. The molecular formula is C33H70OSi. The average molecular weight is 511 g/mol. The molecule has 2 heteroatoms. The van der Waals surface area contributed by atoms with Gasteiger partial charge in [-0.3, -0.25) is 0 Å². The summed E-state index contributed by atoms with van der Waals surface area (Å²) in [5.74, 6) is 0.833. The van der Waals surface area contributed by atoms with Gasteiger partial charge in [0.15, 0.2) is 8.32 Å². The first-order valence-corrected chi connectivity index (χ1v) is 18.6. The van der Waals surface area contributed by atoms with Crippen molar-refractivity contribution in [3.63, 3.8) is 0 Å². The van der Waals surface area contributed by atoms with Crippen molar-refractivity contribution in [1.82, 2.24) is 0 Å². The SMILES string of the molecule is C1CCCCCC1.CC(C)C.CCC.CCCC.CCCO[Si](C)(C)C.CCCc1ccccc1. The van der Waals surface area contributed by atoms with Gasteiger partial charge in [-0.15, -0.1) is 0 Å². The molecule has 0 saturated heterocycles. The molecule has 0 aliphatic heterocycles. The highest BCUT2D eigenvalue weighted by atomic mass is 28.4. The van der Waals surface area contributed by atoms with Crippen LogP contribution in [0.2, 0.25) is 19.6 Å². The second-order valence-corrected chi connectivity index (χ2v) is 15.6. The van der Waals surface area contributed by atoms with E-state index in [1.165, 1.54) is 82.6 Å². The van der Waals surface area contributed by atoms with Gasteiger partial charge in [-0.2, -0.15) is 0 Å². The van der Waals surface area contributed by atoms with Crippen LogP contribution in [0, 0.1) is 5.92 Å². The third-order valence-corrected chi connectivity index (χ3v) is 5.44. The van der Waals surface area contributed by atoms with E-state index < -0.39 is 8.32 Å². The van der Waals surface area contributed by atoms with Crippen molar-refractivity contribution >= 4 is 8.32 Å². The number of rotatable bonds is 6. The molecule has 0 N–H and O–H groups in total. The molecule has 0 spiro atoms. The zero-order valence-corrected chi connectivity index (χ0v) is 27.8. The largest absolute Gasteiger partial charge is 0.418 e. The summed E-state index contributed by atoms with van der Waals surface area (Å²) in [4.78, 5) is 0. The normalized spacial score (nSPS) is 12.4. The Bertz CT molecular complexity index is 412. The van der Waals surface area contributed by atoms with Crippen LogP contribution in [-0.4, -0.2) is 14.9 Å². The third-order valence-electron chi connectivity index (χ3n) is 4.37. The van der Waals surface area contributed by atoms with Crippen molar-refractivity contribution in [2.24, 2.45) is 5.92 Å². The number of benzene rings is 1. The van der Waals surface area contributed by atoms with Crippen LogP contribution < -0.4 is 0 Å². The minimum atomic E-state index is -1.18. The highest BCUT2D eigenvalue weighted by Gasteiger charge is 2.12. The average Bonchev–Trinajstić information content (AvgIpc) is 3.13. The third kappa shape index (κ3) is 60.1. The molecule has 0 heterocycles. The summed E-state index contributed by atoms with van der Waals surface area (Å²) < 4.78 is 5.52. The summed E-state index contributed by atoms with van der Waals surface area (Å²) in [6, 6.07) is 10.6. The summed E-state index contributed by atoms with van der Waals surface area (Å²) in [7, 11) is -1.18. The molecule has 0 aromatic heterocycles. The molecule has 0 atom stereocenters. The monoisotopic (exact) mass is 511 g/mol. The lowest BCUT2D eigenvalue weighted by molar-refractivity contribution is 0.311. The topological polar surface area (TPSA) is 9.23 Å². The van der Waals surface area contributed by atoms with Gasteiger partial charge in [0.05, 0.1) is 0 Å². The number of hydrogen-bond acceptors (Lipinski definition) is 1. The second kappa shape index (κ2) is 35.6. The van der Waals surface area contributed by atoms with Gasteiger partial charge in [0.2, 0.25) is 0 Å². The van der Waals surface area contributed by atoms with E-state index in [0.29, 0.717) is 0 Å². The molecule has 35 heavy (non-hydrogen) atoms. The van der Waals surface area contributed by atoms with Crippen LogP contribution in [0.5, 0.6) is 0 Å². The smallest absolute Gasteiger partial charge is 0.183 e. The van der Waals surface area contributed by atoms with Gasteiger partial charge in [-0.25, -0.2) is 0 Å². The Morgan fingerprint density at radius 1 is 0.629 bits per heavy atom. The van der Waals surface area contributed by atoms with Gasteiger partial charge in [-0.05, 0) is 44.0 Å². The number of hydrogen-bond donors (Lipinski definition) is 0. The van der Waals surface area contributed by atoms with E-state index in [4.69, 9.17) is 4.43 Å². The van der Waals surface area contributed by atoms with Crippen molar-refractivity contribution < 1.29 is 4.43 Å². The predicted octanol–water partition coefficient (Wildman–Crippen LogP) is 12.5. The van der Waals surface area contributed by atoms with Crippen LogP contribution in [0.3, 0.4) is 0 Å². The Morgan fingerprint density at radius 2 is 0.971 bits per heavy atom. The minimum absolute atomic E-state index is 0.833. The molecule has 1 nitrogen and oxygen atoms in total. The van der Waals surface area contributed by atoms with Crippen molar-refractivity contribution in [3.8, 4) is 0 Å².